The number of nitrogens with zero attached hydrogens (tertiary/aromatic N) is 5. The van der Waals surface area contributed by atoms with Crippen molar-refractivity contribution in [2.45, 2.75) is 38.4 Å². The van der Waals surface area contributed by atoms with E-state index in [1.54, 1.807) is 0 Å². The maximum atomic E-state index is 11.8. The van der Waals surface area contributed by atoms with E-state index in [-0.39, 0.29) is 11.8 Å². The van der Waals surface area contributed by atoms with Crippen LogP contribution in [0.1, 0.15) is 36.6 Å². The number of carbonyl (C=O) groups excluding carboxylic acids is 1. The van der Waals surface area contributed by atoms with Crippen LogP contribution in [0.3, 0.4) is 0 Å². The van der Waals surface area contributed by atoms with Gasteiger partial charge in [0.05, 0.1) is 17.9 Å². The lowest BCUT2D eigenvalue weighted by Gasteiger charge is -2.33. The Labute approximate surface area is 141 Å². The quantitative estimate of drug-likeness (QED) is 0.862. The standard InChI is InChI=1S/C17H24N6O/c1-21-9-13(8-20-21)10-22-11-15(23-16(12-22)5-7-19-23)4-6-18-17(24)14-2-3-14/h5,7-9,14-15H,2-4,6,10-12H2,1H3,(H,18,24)/t15-/m0/s1. The Kier molecular flexibility index (Phi) is 4.10. The first-order valence-corrected chi connectivity index (χ1v) is 8.69. The molecule has 7 heteroatoms. The molecular formula is C17H24N6O. The average Bonchev–Trinajstić information content (AvgIpc) is 3.18. The summed E-state index contributed by atoms with van der Waals surface area (Å²) >= 11 is 0. The molecule has 24 heavy (non-hydrogen) atoms. The predicted molar refractivity (Wildman–Crippen MR) is 88.9 cm³/mol. The van der Waals surface area contributed by atoms with Gasteiger partial charge < -0.3 is 5.32 Å². The van der Waals surface area contributed by atoms with E-state index in [1.807, 2.05) is 24.1 Å². The fourth-order valence-electron chi connectivity index (χ4n) is 3.46. The normalized spacial score (nSPS) is 20.8. The molecule has 0 aromatic carbocycles. The van der Waals surface area contributed by atoms with Crippen molar-refractivity contribution in [1.29, 1.82) is 0 Å². The van der Waals surface area contributed by atoms with E-state index in [9.17, 15) is 4.79 Å². The first-order chi connectivity index (χ1) is 11.7. The van der Waals surface area contributed by atoms with Crippen molar-refractivity contribution in [3.8, 4) is 0 Å². The first-order valence-electron chi connectivity index (χ1n) is 8.69. The van der Waals surface area contributed by atoms with Gasteiger partial charge in [0, 0.05) is 57.1 Å². The number of aromatic nitrogens is 4. The molecular weight excluding hydrogens is 304 g/mol. The van der Waals surface area contributed by atoms with Gasteiger partial charge in [0.1, 0.15) is 0 Å². The Morgan fingerprint density at radius 3 is 3.00 bits per heavy atom. The number of fused-ring (bicyclic) bond motifs is 1. The molecule has 2 aromatic heterocycles. The van der Waals surface area contributed by atoms with Crippen LogP contribution in [-0.2, 0) is 24.9 Å². The summed E-state index contributed by atoms with van der Waals surface area (Å²) in [5, 5.41) is 11.8. The van der Waals surface area contributed by atoms with Crippen molar-refractivity contribution >= 4 is 5.91 Å². The largest absolute Gasteiger partial charge is 0.356 e. The van der Waals surface area contributed by atoms with E-state index in [0.29, 0.717) is 6.04 Å². The van der Waals surface area contributed by atoms with Gasteiger partial charge in [0.15, 0.2) is 0 Å². The van der Waals surface area contributed by atoms with Crippen LogP contribution in [-0.4, -0.2) is 43.5 Å². The zero-order valence-electron chi connectivity index (χ0n) is 14.1. The smallest absolute Gasteiger partial charge is 0.223 e. The van der Waals surface area contributed by atoms with Crippen LogP contribution in [0.4, 0.5) is 0 Å². The van der Waals surface area contributed by atoms with Crippen molar-refractivity contribution in [2.24, 2.45) is 13.0 Å². The molecule has 0 radical (unpaired) electrons. The van der Waals surface area contributed by atoms with Gasteiger partial charge in [-0.2, -0.15) is 10.2 Å². The van der Waals surface area contributed by atoms with Gasteiger partial charge in [-0.25, -0.2) is 0 Å². The van der Waals surface area contributed by atoms with Gasteiger partial charge >= 0.3 is 0 Å². The molecule has 0 bridgehead atoms. The molecule has 1 fully saturated rings. The second-order valence-electron chi connectivity index (χ2n) is 6.97. The minimum atomic E-state index is 0.221. The minimum absolute atomic E-state index is 0.221. The summed E-state index contributed by atoms with van der Waals surface area (Å²) in [6.45, 7) is 3.46. The van der Waals surface area contributed by atoms with Crippen LogP contribution in [0.25, 0.3) is 0 Å². The summed E-state index contributed by atoms with van der Waals surface area (Å²) in [6, 6.07) is 2.39. The van der Waals surface area contributed by atoms with Crippen molar-refractivity contribution in [3.05, 3.63) is 35.9 Å². The van der Waals surface area contributed by atoms with Gasteiger partial charge in [0.2, 0.25) is 5.91 Å². The number of rotatable bonds is 6. The summed E-state index contributed by atoms with van der Waals surface area (Å²) in [7, 11) is 1.94. The SMILES string of the molecule is Cn1cc(CN2Cc3ccnn3[C@@H](CCNC(=O)C3CC3)C2)cn1. The molecule has 0 spiro atoms. The van der Waals surface area contributed by atoms with Gasteiger partial charge in [-0.15, -0.1) is 0 Å². The van der Waals surface area contributed by atoms with Gasteiger partial charge in [-0.3, -0.25) is 19.1 Å². The summed E-state index contributed by atoms with van der Waals surface area (Å²) in [6.07, 6.45) is 8.89. The fraction of sp³-hybridized carbons (Fsp3) is 0.588. The number of carbonyl (C=O) groups is 1. The maximum Gasteiger partial charge on any atom is 0.223 e. The highest BCUT2D eigenvalue weighted by atomic mass is 16.2. The Morgan fingerprint density at radius 1 is 1.38 bits per heavy atom. The van der Waals surface area contributed by atoms with Crippen LogP contribution in [0.15, 0.2) is 24.7 Å². The monoisotopic (exact) mass is 328 g/mol. The third-order valence-corrected chi connectivity index (χ3v) is 4.84. The lowest BCUT2D eigenvalue weighted by atomic mass is 10.1. The molecule has 1 atom stereocenters. The summed E-state index contributed by atoms with van der Waals surface area (Å²) in [4.78, 5) is 14.2. The van der Waals surface area contributed by atoms with Gasteiger partial charge in [-0.05, 0) is 25.3 Å². The molecule has 1 N–H and O–H groups in total. The summed E-state index contributed by atoms with van der Waals surface area (Å²) in [5.74, 6) is 0.498. The molecule has 1 saturated carbocycles. The molecule has 1 aliphatic heterocycles. The molecule has 3 heterocycles. The predicted octanol–water partition coefficient (Wildman–Crippen LogP) is 1.09. The highest BCUT2D eigenvalue weighted by Gasteiger charge is 2.30. The molecule has 0 unspecified atom stereocenters. The number of aryl methyl sites for hydroxylation is 1. The second-order valence-corrected chi connectivity index (χ2v) is 6.97. The molecule has 1 amide bonds. The number of nitrogens with one attached hydrogen (secondary N) is 1. The van der Waals surface area contributed by atoms with Crippen molar-refractivity contribution < 1.29 is 4.79 Å². The van der Waals surface area contributed by atoms with E-state index in [2.05, 4.69) is 37.4 Å². The molecule has 0 saturated heterocycles. The number of amides is 1. The third kappa shape index (κ3) is 3.36. The zero-order chi connectivity index (χ0) is 16.5. The van der Waals surface area contributed by atoms with E-state index in [0.717, 1.165) is 45.4 Å². The van der Waals surface area contributed by atoms with Crippen LogP contribution in [0.2, 0.25) is 0 Å². The van der Waals surface area contributed by atoms with Crippen LogP contribution in [0, 0.1) is 5.92 Å². The molecule has 128 valence electrons. The highest BCUT2D eigenvalue weighted by molar-refractivity contribution is 5.80. The Morgan fingerprint density at radius 2 is 2.25 bits per heavy atom. The van der Waals surface area contributed by atoms with Crippen LogP contribution < -0.4 is 5.32 Å². The number of hydrogen-bond acceptors (Lipinski definition) is 4. The second kappa shape index (κ2) is 6.39. The lowest BCUT2D eigenvalue weighted by Crippen LogP contribution is -2.39. The topological polar surface area (TPSA) is 68.0 Å². The van der Waals surface area contributed by atoms with Gasteiger partial charge in [-0.1, -0.05) is 0 Å². The first kappa shape index (κ1) is 15.4. The third-order valence-electron chi connectivity index (χ3n) is 4.84. The zero-order valence-corrected chi connectivity index (χ0v) is 14.1. The van der Waals surface area contributed by atoms with Crippen molar-refractivity contribution in [2.75, 3.05) is 13.1 Å². The summed E-state index contributed by atoms with van der Waals surface area (Å²) < 4.78 is 3.97. The fourth-order valence-corrected chi connectivity index (χ4v) is 3.46. The Bertz CT molecular complexity index is 716. The van der Waals surface area contributed by atoms with Crippen molar-refractivity contribution in [3.63, 3.8) is 0 Å². The maximum absolute atomic E-state index is 11.8. The van der Waals surface area contributed by atoms with E-state index >= 15 is 0 Å². The molecule has 2 aliphatic rings. The Hall–Kier alpha value is -2.15. The van der Waals surface area contributed by atoms with Crippen LogP contribution >= 0.6 is 0 Å². The van der Waals surface area contributed by atoms with E-state index in [1.165, 1.54) is 11.3 Å². The molecule has 2 aromatic rings. The van der Waals surface area contributed by atoms with E-state index < -0.39 is 0 Å². The lowest BCUT2D eigenvalue weighted by molar-refractivity contribution is -0.122. The number of hydrogen-bond donors (Lipinski definition) is 1. The Balaban J connectivity index is 1.38. The van der Waals surface area contributed by atoms with Gasteiger partial charge in [0.25, 0.3) is 0 Å². The minimum Gasteiger partial charge on any atom is -0.356 e. The molecule has 4 rings (SSSR count). The van der Waals surface area contributed by atoms with Crippen LogP contribution in [0.5, 0.6) is 0 Å². The summed E-state index contributed by atoms with van der Waals surface area (Å²) in [5.41, 5.74) is 2.47. The average molecular weight is 328 g/mol. The highest BCUT2D eigenvalue weighted by Crippen LogP contribution is 2.29. The molecule has 1 aliphatic carbocycles. The van der Waals surface area contributed by atoms with E-state index in [4.69, 9.17) is 0 Å². The molecule has 7 nitrogen and oxygen atoms in total. The van der Waals surface area contributed by atoms with Crippen molar-refractivity contribution in [1.82, 2.24) is 29.8 Å².